The Balaban J connectivity index is 2.16. The normalized spacial score (nSPS) is 11.4. The number of fused-ring (bicyclic) bond motifs is 1. The average molecular weight is 299 g/mol. The SMILES string of the molecule is Cc1cc(C)c2c(CCCCN)c(-c3nccs3)[nH]c2c1. The van der Waals surface area contributed by atoms with E-state index in [9.17, 15) is 0 Å². The lowest BCUT2D eigenvalue weighted by Crippen LogP contribution is -1.99. The fraction of sp³-hybridized carbons (Fsp3) is 0.353. The molecule has 0 spiro atoms. The maximum atomic E-state index is 5.64. The molecular formula is C17H21N3S. The van der Waals surface area contributed by atoms with Crippen LogP contribution in [0.3, 0.4) is 0 Å². The maximum Gasteiger partial charge on any atom is 0.139 e. The van der Waals surface area contributed by atoms with Crippen LogP contribution in [0.5, 0.6) is 0 Å². The molecule has 3 N–H and O–H groups in total. The van der Waals surface area contributed by atoms with E-state index >= 15 is 0 Å². The van der Waals surface area contributed by atoms with Gasteiger partial charge in [0, 0.05) is 22.5 Å². The van der Waals surface area contributed by atoms with Crippen molar-refractivity contribution in [2.45, 2.75) is 33.1 Å². The van der Waals surface area contributed by atoms with Crippen LogP contribution in [0.25, 0.3) is 21.6 Å². The summed E-state index contributed by atoms with van der Waals surface area (Å²) in [6.45, 7) is 5.10. The Hall–Kier alpha value is -1.65. The van der Waals surface area contributed by atoms with Crippen LogP contribution in [-0.2, 0) is 6.42 Å². The molecule has 0 amide bonds. The summed E-state index contributed by atoms with van der Waals surface area (Å²) in [5, 5.41) is 4.47. The van der Waals surface area contributed by atoms with Gasteiger partial charge in [0.15, 0.2) is 0 Å². The van der Waals surface area contributed by atoms with Gasteiger partial charge in [-0.3, -0.25) is 0 Å². The summed E-state index contributed by atoms with van der Waals surface area (Å²) < 4.78 is 0. The summed E-state index contributed by atoms with van der Waals surface area (Å²) >= 11 is 1.69. The van der Waals surface area contributed by atoms with Gasteiger partial charge in [-0.1, -0.05) is 6.07 Å². The molecule has 0 bridgehead atoms. The molecule has 0 saturated heterocycles. The van der Waals surface area contributed by atoms with Crippen molar-refractivity contribution >= 4 is 22.2 Å². The number of hydrogen-bond donors (Lipinski definition) is 2. The van der Waals surface area contributed by atoms with Gasteiger partial charge in [-0.2, -0.15) is 0 Å². The molecule has 1 aromatic carbocycles. The van der Waals surface area contributed by atoms with Crippen molar-refractivity contribution in [3.8, 4) is 10.7 Å². The third-order valence-electron chi connectivity index (χ3n) is 3.87. The number of rotatable bonds is 5. The molecule has 110 valence electrons. The highest BCUT2D eigenvalue weighted by Crippen LogP contribution is 2.34. The molecule has 0 saturated carbocycles. The number of aromatic nitrogens is 2. The highest BCUT2D eigenvalue weighted by molar-refractivity contribution is 7.13. The monoisotopic (exact) mass is 299 g/mol. The number of thiazole rings is 1. The van der Waals surface area contributed by atoms with E-state index in [2.05, 4.69) is 35.9 Å². The highest BCUT2D eigenvalue weighted by atomic mass is 32.1. The Labute approximate surface area is 129 Å². The second-order valence-corrected chi connectivity index (χ2v) is 6.46. The summed E-state index contributed by atoms with van der Waals surface area (Å²) in [5.41, 5.74) is 12.1. The minimum atomic E-state index is 0.757. The first-order chi connectivity index (χ1) is 10.2. The van der Waals surface area contributed by atoms with Gasteiger partial charge in [-0.15, -0.1) is 11.3 Å². The third-order valence-corrected chi connectivity index (χ3v) is 4.66. The molecule has 0 aliphatic rings. The van der Waals surface area contributed by atoms with Crippen molar-refractivity contribution in [2.24, 2.45) is 5.73 Å². The first-order valence-corrected chi connectivity index (χ1v) is 8.30. The van der Waals surface area contributed by atoms with E-state index in [1.807, 2.05) is 11.6 Å². The number of hydrogen-bond acceptors (Lipinski definition) is 3. The van der Waals surface area contributed by atoms with Gasteiger partial charge < -0.3 is 10.7 Å². The average Bonchev–Trinajstić information content (AvgIpc) is 3.06. The molecule has 2 aromatic heterocycles. The van der Waals surface area contributed by atoms with Crippen LogP contribution < -0.4 is 5.73 Å². The van der Waals surface area contributed by atoms with Crippen molar-refractivity contribution in [1.82, 2.24) is 9.97 Å². The van der Waals surface area contributed by atoms with Crippen molar-refractivity contribution in [1.29, 1.82) is 0 Å². The summed E-state index contributed by atoms with van der Waals surface area (Å²) in [4.78, 5) is 8.08. The molecule has 0 radical (unpaired) electrons. The number of H-pyrrole nitrogens is 1. The van der Waals surface area contributed by atoms with Crippen molar-refractivity contribution < 1.29 is 0 Å². The number of aryl methyl sites for hydroxylation is 3. The van der Waals surface area contributed by atoms with Gasteiger partial charge in [-0.25, -0.2) is 4.98 Å². The van der Waals surface area contributed by atoms with E-state index in [4.69, 9.17) is 5.73 Å². The smallest absolute Gasteiger partial charge is 0.139 e. The van der Waals surface area contributed by atoms with Gasteiger partial charge >= 0.3 is 0 Å². The van der Waals surface area contributed by atoms with Crippen molar-refractivity contribution in [3.05, 3.63) is 40.4 Å². The Morgan fingerprint density at radius 1 is 1.24 bits per heavy atom. The molecule has 3 nitrogen and oxygen atoms in total. The zero-order valence-electron chi connectivity index (χ0n) is 12.6. The van der Waals surface area contributed by atoms with E-state index in [-0.39, 0.29) is 0 Å². The minimum absolute atomic E-state index is 0.757. The zero-order valence-corrected chi connectivity index (χ0v) is 13.4. The number of unbranched alkanes of at least 4 members (excludes halogenated alkanes) is 1. The summed E-state index contributed by atoms with van der Waals surface area (Å²) in [6, 6.07) is 4.49. The Morgan fingerprint density at radius 2 is 2.10 bits per heavy atom. The molecule has 0 fully saturated rings. The second-order valence-electron chi connectivity index (χ2n) is 5.57. The first-order valence-electron chi connectivity index (χ1n) is 7.42. The molecule has 0 unspecified atom stereocenters. The van der Waals surface area contributed by atoms with E-state index in [0.717, 1.165) is 30.8 Å². The predicted octanol–water partition coefficient (Wildman–Crippen LogP) is 4.19. The van der Waals surface area contributed by atoms with E-state index in [1.165, 1.54) is 33.3 Å². The molecule has 3 aromatic rings. The molecule has 21 heavy (non-hydrogen) atoms. The van der Waals surface area contributed by atoms with Crippen LogP contribution in [0.1, 0.15) is 29.5 Å². The fourth-order valence-corrected chi connectivity index (χ4v) is 3.69. The summed E-state index contributed by atoms with van der Waals surface area (Å²) in [6.07, 6.45) is 5.10. The van der Waals surface area contributed by atoms with Crippen LogP contribution in [0.15, 0.2) is 23.7 Å². The molecular weight excluding hydrogens is 278 g/mol. The van der Waals surface area contributed by atoms with Crippen molar-refractivity contribution in [3.63, 3.8) is 0 Å². The van der Waals surface area contributed by atoms with Gasteiger partial charge in [-0.05, 0) is 62.4 Å². The standard InChI is InChI=1S/C17H21N3S/c1-11-9-12(2)15-13(5-3-4-6-18)16(20-14(15)10-11)17-19-7-8-21-17/h7-10,20H,3-6,18H2,1-2H3. The Bertz CT molecular complexity index is 741. The number of benzene rings is 1. The molecule has 0 aliphatic heterocycles. The Kier molecular flexibility index (Phi) is 4.08. The van der Waals surface area contributed by atoms with E-state index < -0.39 is 0 Å². The number of nitrogens with zero attached hydrogens (tertiary/aromatic N) is 1. The maximum absolute atomic E-state index is 5.64. The quantitative estimate of drug-likeness (QED) is 0.694. The van der Waals surface area contributed by atoms with E-state index in [1.54, 1.807) is 11.3 Å². The largest absolute Gasteiger partial charge is 0.352 e. The van der Waals surface area contributed by atoms with Crippen LogP contribution in [0, 0.1) is 13.8 Å². The van der Waals surface area contributed by atoms with E-state index in [0.29, 0.717) is 0 Å². The molecule has 2 heterocycles. The van der Waals surface area contributed by atoms with Crippen LogP contribution in [-0.4, -0.2) is 16.5 Å². The number of nitrogens with two attached hydrogens (primary N) is 1. The number of nitrogens with one attached hydrogen (secondary N) is 1. The van der Waals surface area contributed by atoms with Crippen molar-refractivity contribution in [2.75, 3.05) is 6.54 Å². The lowest BCUT2D eigenvalue weighted by molar-refractivity contribution is 0.748. The molecule has 4 heteroatoms. The molecule has 0 atom stereocenters. The van der Waals surface area contributed by atoms with Gasteiger partial charge in [0.1, 0.15) is 5.01 Å². The topological polar surface area (TPSA) is 54.7 Å². The molecule has 0 aliphatic carbocycles. The van der Waals surface area contributed by atoms with Crippen LogP contribution >= 0.6 is 11.3 Å². The van der Waals surface area contributed by atoms with Crippen LogP contribution in [0.4, 0.5) is 0 Å². The Morgan fingerprint density at radius 3 is 2.81 bits per heavy atom. The zero-order chi connectivity index (χ0) is 14.8. The van der Waals surface area contributed by atoms with Crippen LogP contribution in [0.2, 0.25) is 0 Å². The van der Waals surface area contributed by atoms with Gasteiger partial charge in [0.25, 0.3) is 0 Å². The summed E-state index contributed by atoms with van der Waals surface area (Å²) in [5.74, 6) is 0. The number of aromatic amines is 1. The molecule has 3 rings (SSSR count). The predicted molar refractivity (Wildman–Crippen MR) is 90.9 cm³/mol. The lowest BCUT2D eigenvalue weighted by Gasteiger charge is -2.05. The highest BCUT2D eigenvalue weighted by Gasteiger charge is 2.16. The minimum Gasteiger partial charge on any atom is -0.352 e. The second kappa shape index (κ2) is 6.00. The van der Waals surface area contributed by atoms with Gasteiger partial charge in [0.05, 0.1) is 5.69 Å². The fourth-order valence-electron chi connectivity index (χ4n) is 3.03. The van der Waals surface area contributed by atoms with Gasteiger partial charge in [0.2, 0.25) is 0 Å². The first kappa shape index (κ1) is 14.3. The lowest BCUT2D eigenvalue weighted by atomic mass is 9.99. The summed E-state index contributed by atoms with van der Waals surface area (Å²) in [7, 11) is 0. The third kappa shape index (κ3) is 2.74.